The molecule has 0 N–H and O–H groups in total. The molecule has 0 bridgehead atoms. The van der Waals surface area contributed by atoms with E-state index >= 15 is 0 Å². The minimum atomic E-state index is -1.02. The first-order valence-electron chi connectivity index (χ1n) is 13.9. The number of imide groups is 1. The number of ether oxygens (including phenoxy) is 1. The Morgan fingerprint density at radius 3 is 2.17 bits per heavy atom. The number of nitro benzene ring substituents is 1. The average molecular weight is 544 g/mol. The molecule has 0 spiro atoms. The molecule has 2 amide bonds. The summed E-state index contributed by atoms with van der Waals surface area (Å²) in [5.41, 5.74) is 1.70. The monoisotopic (exact) mass is 543 g/mol. The van der Waals surface area contributed by atoms with Crippen molar-refractivity contribution in [3.63, 3.8) is 0 Å². The highest BCUT2D eigenvalue weighted by molar-refractivity contribution is 6.24. The van der Waals surface area contributed by atoms with Crippen molar-refractivity contribution in [1.82, 2.24) is 0 Å². The maximum atomic E-state index is 13.8. The number of benzene rings is 3. The predicted molar refractivity (Wildman–Crippen MR) is 151 cm³/mol. The third-order valence-electron chi connectivity index (χ3n) is 7.43. The van der Waals surface area contributed by atoms with Crippen LogP contribution in [0.1, 0.15) is 57.1 Å². The summed E-state index contributed by atoms with van der Waals surface area (Å²) in [5.74, 6) is -0.944. The highest BCUT2D eigenvalue weighted by Gasteiger charge is 2.60. The number of nitrogens with zero attached hydrogens (tertiary/aromatic N) is 3. The van der Waals surface area contributed by atoms with Crippen molar-refractivity contribution in [1.29, 1.82) is 0 Å². The minimum absolute atomic E-state index is 0.119. The van der Waals surface area contributed by atoms with Crippen LogP contribution in [0.4, 0.5) is 17.1 Å². The Balaban J connectivity index is 1.35. The number of fused-ring (bicyclic) bond motifs is 1. The van der Waals surface area contributed by atoms with Gasteiger partial charge in [-0.1, -0.05) is 69.4 Å². The van der Waals surface area contributed by atoms with Gasteiger partial charge in [0.05, 0.1) is 28.9 Å². The fraction of sp³-hybridized carbons (Fsp3) is 0.355. The molecule has 3 aromatic carbocycles. The Bertz CT molecular complexity index is 1330. The van der Waals surface area contributed by atoms with Crippen LogP contribution in [0.25, 0.3) is 0 Å². The summed E-state index contributed by atoms with van der Waals surface area (Å²) in [5, 5.41) is 12.7. The number of hydrogen-bond acceptors (Lipinski definition) is 7. The van der Waals surface area contributed by atoms with Gasteiger partial charge in [0, 0.05) is 12.1 Å². The van der Waals surface area contributed by atoms with Gasteiger partial charge < -0.3 is 4.74 Å². The molecule has 2 heterocycles. The smallest absolute Gasteiger partial charge is 0.269 e. The van der Waals surface area contributed by atoms with Gasteiger partial charge >= 0.3 is 0 Å². The molecular weight excluding hydrogens is 510 g/mol. The fourth-order valence-corrected chi connectivity index (χ4v) is 5.36. The molecule has 0 aliphatic carbocycles. The summed E-state index contributed by atoms with van der Waals surface area (Å²) in [6, 6.07) is 21.8. The molecule has 2 aliphatic rings. The van der Waals surface area contributed by atoms with E-state index < -0.39 is 34.8 Å². The van der Waals surface area contributed by atoms with E-state index in [2.05, 4.69) is 6.92 Å². The van der Waals surface area contributed by atoms with Crippen molar-refractivity contribution in [2.45, 2.75) is 57.6 Å². The van der Waals surface area contributed by atoms with E-state index in [0.29, 0.717) is 6.61 Å². The van der Waals surface area contributed by atoms with Gasteiger partial charge in [-0.3, -0.25) is 24.5 Å². The third-order valence-corrected chi connectivity index (χ3v) is 7.43. The maximum absolute atomic E-state index is 13.8. The van der Waals surface area contributed by atoms with E-state index in [0.717, 1.165) is 34.7 Å². The zero-order chi connectivity index (χ0) is 28.1. The van der Waals surface area contributed by atoms with Gasteiger partial charge in [0.25, 0.3) is 11.6 Å². The number of anilines is 2. The van der Waals surface area contributed by atoms with Crippen LogP contribution in [0.5, 0.6) is 5.75 Å². The molecule has 208 valence electrons. The number of amides is 2. The van der Waals surface area contributed by atoms with Crippen LogP contribution in [-0.4, -0.2) is 29.4 Å². The van der Waals surface area contributed by atoms with Crippen molar-refractivity contribution in [2.24, 2.45) is 5.92 Å². The van der Waals surface area contributed by atoms with Crippen LogP contribution in [0.15, 0.2) is 78.9 Å². The number of unbranched alkanes of at least 4 members (excludes halogenated alkanes) is 5. The third kappa shape index (κ3) is 5.56. The second kappa shape index (κ2) is 12.3. The van der Waals surface area contributed by atoms with Gasteiger partial charge in [-0.25, -0.2) is 9.96 Å². The molecule has 0 aromatic heterocycles. The van der Waals surface area contributed by atoms with E-state index in [1.807, 2.05) is 54.6 Å². The quantitative estimate of drug-likeness (QED) is 0.113. The molecule has 9 nitrogen and oxygen atoms in total. The lowest BCUT2D eigenvalue weighted by Gasteiger charge is -2.28. The Kier molecular flexibility index (Phi) is 8.40. The van der Waals surface area contributed by atoms with Crippen LogP contribution in [0.2, 0.25) is 0 Å². The van der Waals surface area contributed by atoms with Crippen molar-refractivity contribution in [2.75, 3.05) is 16.6 Å². The van der Waals surface area contributed by atoms with Crippen molar-refractivity contribution < 1.29 is 24.1 Å². The molecular formula is C31H33N3O6. The summed E-state index contributed by atoms with van der Waals surface area (Å²) in [4.78, 5) is 45.0. The van der Waals surface area contributed by atoms with E-state index in [9.17, 15) is 19.7 Å². The highest BCUT2D eigenvalue weighted by Crippen LogP contribution is 2.47. The molecule has 2 fully saturated rings. The number of non-ortho nitro benzene ring substituents is 1. The Labute approximate surface area is 233 Å². The molecule has 40 heavy (non-hydrogen) atoms. The zero-order valence-electron chi connectivity index (χ0n) is 22.5. The fourth-order valence-electron chi connectivity index (χ4n) is 5.36. The van der Waals surface area contributed by atoms with Crippen LogP contribution < -0.4 is 14.7 Å². The number of nitro groups is 1. The summed E-state index contributed by atoms with van der Waals surface area (Å²) in [7, 11) is 0. The standard InChI is InChI=1S/C31H33N3O6/c1-2-3-4-5-6-10-21-39-26-19-13-22(14-20-26)28-27-29(40-33(28)24-11-8-7-9-12-24)31(36)32(30(27)35)23-15-17-25(18-16-23)34(37)38/h7-9,11-20,27-29H,2-6,10,21H2,1H3. The van der Waals surface area contributed by atoms with Gasteiger partial charge in [0.15, 0.2) is 6.10 Å². The van der Waals surface area contributed by atoms with Gasteiger partial charge in [0.2, 0.25) is 5.91 Å². The van der Waals surface area contributed by atoms with Crippen molar-refractivity contribution in [3.05, 3.63) is 94.5 Å². The Morgan fingerprint density at radius 2 is 1.50 bits per heavy atom. The summed E-state index contributed by atoms with van der Waals surface area (Å²) < 4.78 is 5.95. The van der Waals surface area contributed by atoms with Crippen LogP contribution in [-0.2, 0) is 14.4 Å². The molecule has 0 saturated carbocycles. The molecule has 0 radical (unpaired) electrons. The van der Waals surface area contributed by atoms with Gasteiger partial charge in [-0.05, 0) is 48.4 Å². The molecule has 9 heteroatoms. The second-order valence-corrected chi connectivity index (χ2v) is 10.1. The van der Waals surface area contributed by atoms with Gasteiger partial charge in [-0.15, -0.1) is 0 Å². The maximum Gasteiger partial charge on any atom is 0.269 e. The van der Waals surface area contributed by atoms with Crippen LogP contribution in [0.3, 0.4) is 0 Å². The minimum Gasteiger partial charge on any atom is -0.494 e. The lowest BCUT2D eigenvalue weighted by molar-refractivity contribution is -0.384. The van der Waals surface area contributed by atoms with E-state index in [1.54, 1.807) is 5.06 Å². The van der Waals surface area contributed by atoms with Crippen molar-refractivity contribution >= 4 is 28.9 Å². The van der Waals surface area contributed by atoms with E-state index in [-0.39, 0.29) is 11.4 Å². The van der Waals surface area contributed by atoms with Gasteiger partial charge in [0.1, 0.15) is 11.7 Å². The van der Waals surface area contributed by atoms with E-state index in [1.165, 1.54) is 49.9 Å². The molecule has 3 unspecified atom stereocenters. The number of rotatable bonds is 12. The molecule has 2 saturated heterocycles. The van der Waals surface area contributed by atoms with Crippen molar-refractivity contribution in [3.8, 4) is 5.75 Å². The molecule has 3 aromatic rings. The number of hydroxylamine groups is 1. The number of carbonyl (C=O) groups excluding carboxylic acids is 2. The van der Waals surface area contributed by atoms with Gasteiger partial charge in [-0.2, -0.15) is 0 Å². The van der Waals surface area contributed by atoms with Crippen LogP contribution in [0, 0.1) is 16.0 Å². The number of para-hydroxylation sites is 1. The number of hydrogen-bond donors (Lipinski definition) is 0. The Hall–Kier alpha value is -4.24. The molecule has 3 atom stereocenters. The van der Waals surface area contributed by atoms with Crippen LogP contribution >= 0.6 is 0 Å². The molecule has 2 aliphatic heterocycles. The Morgan fingerprint density at radius 1 is 0.825 bits per heavy atom. The SMILES string of the molecule is CCCCCCCCOc1ccc(C2C3C(=O)N(c4ccc([N+](=O)[O-])cc4)C(=O)C3ON2c2ccccc2)cc1. The first kappa shape index (κ1) is 27.3. The lowest BCUT2D eigenvalue weighted by Crippen LogP contribution is -2.37. The first-order valence-corrected chi connectivity index (χ1v) is 13.9. The topological polar surface area (TPSA) is 102 Å². The summed E-state index contributed by atoms with van der Waals surface area (Å²) in [6.45, 7) is 2.86. The predicted octanol–water partition coefficient (Wildman–Crippen LogP) is 6.39. The molecule has 5 rings (SSSR count). The average Bonchev–Trinajstić information content (AvgIpc) is 3.49. The summed E-state index contributed by atoms with van der Waals surface area (Å²) in [6.07, 6.45) is 6.12. The first-order chi connectivity index (χ1) is 19.5. The second-order valence-electron chi connectivity index (χ2n) is 10.1. The summed E-state index contributed by atoms with van der Waals surface area (Å²) >= 11 is 0. The normalized spacial score (nSPS) is 20.2. The zero-order valence-corrected chi connectivity index (χ0v) is 22.5. The highest BCUT2D eigenvalue weighted by atomic mass is 16.7. The number of carbonyl (C=O) groups is 2. The lowest BCUT2D eigenvalue weighted by atomic mass is 9.90. The largest absolute Gasteiger partial charge is 0.494 e. The van der Waals surface area contributed by atoms with E-state index in [4.69, 9.17) is 9.57 Å².